The number of aromatic nitrogens is 1. The largest absolute Gasteiger partial charge is 0.433 e. The van der Waals surface area contributed by atoms with Gasteiger partial charge in [-0.1, -0.05) is 17.7 Å². The Labute approximate surface area is 107 Å². The van der Waals surface area contributed by atoms with Crippen LogP contribution in [0.25, 0.3) is 0 Å². The molecule has 2 N–H and O–H groups in total. The SMILES string of the molecule is OC1(c2ccc(C(F)(F)F)nc2Cl)CCNCC1. The number of pyridine rings is 1. The molecule has 7 heteroatoms. The minimum Gasteiger partial charge on any atom is -0.385 e. The Balaban J connectivity index is 2.35. The maximum absolute atomic E-state index is 12.4. The molecule has 0 spiro atoms. The van der Waals surface area contributed by atoms with Gasteiger partial charge in [-0.15, -0.1) is 0 Å². The molecule has 0 radical (unpaired) electrons. The highest BCUT2D eigenvalue weighted by Gasteiger charge is 2.37. The number of piperidine rings is 1. The van der Waals surface area contributed by atoms with E-state index in [1.165, 1.54) is 6.07 Å². The van der Waals surface area contributed by atoms with Gasteiger partial charge in [-0.05, 0) is 32.0 Å². The highest BCUT2D eigenvalue weighted by atomic mass is 35.5. The Morgan fingerprint density at radius 1 is 1.28 bits per heavy atom. The molecule has 0 aromatic carbocycles. The number of hydrogen-bond acceptors (Lipinski definition) is 3. The van der Waals surface area contributed by atoms with Crippen LogP contribution in [-0.4, -0.2) is 23.2 Å². The summed E-state index contributed by atoms with van der Waals surface area (Å²) < 4.78 is 37.3. The van der Waals surface area contributed by atoms with Crippen LogP contribution in [0.2, 0.25) is 5.15 Å². The first-order chi connectivity index (χ1) is 8.33. The van der Waals surface area contributed by atoms with E-state index in [4.69, 9.17) is 11.6 Å². The first kappa shape index (κ1) is 13.6. The molecule has 2 heterocycles. The number of alkyl halides is 3. The number of nitrogens with one attached hydrogen (secondary N) is 1. The molecule has 1 fully saturated rings. The lowest BCUT2D eigenvalue weighted by Crippen LogP contribution is -2.40. The lowest BCUT2D eigenvalue weighted by molar-refractivity contribution is -0.141. The van der Waals surface area contributed by atoms with Gasteiger partial charge in [-0.3, -0.25) is 0 Å². The van der Waals surface area contributed by atoms with Gasteiger partial charge in [0.25, 0.3) is 0 Å². The van der Waals surface area contributed by atoms with Crippen LogP contribution in [0.1, 0.15) is 24.1 Å². The molecule has 3 nitrogen and oxygen atoms in total. The molecule has 0 unspecified atom stereocenters. The Morgan fingerprint density at radius 2 is 1.89 bits per heavy atom. The van der Waals surface area contributed by atoms with Gasteiger partial charge in [0.15, 0.2) is 0 Å². The maximum atomic E-state index is 12.4. The van der Waals surface area contributed by atoms with Crippen molar-refractivity contribution in [1.29, 1.82) is 0 Å². The topological polar surface area (TPSA) is 45.2 Å². The van der Waals surface area contributed by atoms with Gasteiger partial charge in [0, 0.05) is 5.56 Å². The fourth-order valence-electron chi connectivity index (χ4n) is 2.05. The van der Waals surface area contributed by atoms with Crippen molar-refractivity contribution in [2.75, 3.05) is 13.1 Å². The summed E-state index contributed by atoms with van der Waals surface area (Å²) in [7, 11) is 0. The summed E-state index contributed by atoms with van der Waals surface area (Å²) in [5.41, 5.74) is -1.98. The van der Waals surface area contributed by atoms with Crippen molar-refractivity contribution in [3.63, 3.8) is 0 Å². The zero-order valence-electron chi connectivity index (χ0n) is 9.39. The van der Waals surface area contributed by atoms with Gasteiger partial charge < -0.3 is 10.4 Å². The quantitative estimate of drug-likeness (QED) is 0.776. The molecule has 1 aromatic heterocycles. The van der Waals surface area contributed by atoms with Gasteiger partial charge >= 0.3 is 6.18 Å². The number of halogens is 4. The number of nitrogens with zero attached hydrogens (tertiary/aromatic N) is 1. The van der Waals surface area contributed by atoms with Crippen LogP contribution in [0.5, 0.6) is 0 Å². The van der Waals surface area contributed by atoms with Crippen LogP contribution < -0.4 is 5.32 Å². The number of rotatable bonds is 1. The van der Waals surface area contributed by atoms with Crippen LogP contribution in [0.15, 0.2) is 12.1 Å². The van der Waals surface area contributed by atoms with Crippen molar-refractivity contribution in [2.45, 2.75) is 24.6 Å². The Bertz CT molecular complexity index is 444. The fraction of sp³-hybridized carbons (Fsp3) is 0.545. The van der Waals surface area contributed by atoms with Crippen LogP contribution in [0, 0.1) is 0 Å². The average Bonchev–Trinajstić information content (AvgIpc) is 2.28. The molecule has 18 heavy (non-hydrogen) atoms. The number of aliphatic hydroxyl groups is 1. The molecule has 2 rings (SSSR count). The molecule has 1 saturated heterocycles. The molecular formula is C11H12ClF3N2O. The normalized spacial score (nSPS) is 19.8. The van der Waals surface area contributed by atoms with E-state index in [-0.39, 0.29) is 10.7 Å². The van der Waals surface area contributed by atoms with Gasteiger partial charge in [0.1, 0.15) is 10.8 Å². The Morgan fingerprint density at radius 3 is 2.39 bits per heavy atom. The second-order valence-corrected chi connectivity index (χ2v) is 4.67. The summed E-state index contributed by atoms with van der Waals surface area (Å²) in [5, 5.41) is 13.1. The average molecular weight is 281 g/mol. The van der Waals surface area contributed by atoms with E-state index in [0.717, 1.165) is 6.07 Å². The lowest BCUT2D eigenvalue weighted by atomic mass is 9.86. The van der Waals surface area contributed by atoms with E-state index >= 15 is 0 Å². The summed E-state index contributed by atoms with van der Waals surface area (Å²) >= 11 is 5.77. The third-order valence-electron chi connectivity index (χ3n) is 3.07. The second-order valence-electron chi connectivity index (χ2n) is 4.31. The molecule has 100 valence electrons. The molecule has 0 amide bonds. The highest BCUT2D eigenvalue weighted by Crippen LogP contribution is 2.36. The Hall–Kier alpha value is -0.850. The first-order valence-electron chi connectivity index (χ1n) is 5.50. The summed E-state index contributed by atoms with van der Waals surface area (Å²) in [6, 6.07) is 2.06. The number of hydrogen-bond donors (Lipinski definition) is 2. The monoisotopic (exact) mass is 280 g/mol. The fourth-order valence-corrected chi connectivity index (χ4v) is 2.38. The van der Waals surface area contributed by atoms with E-state index < -0.39 is 17.5 Å². The van der Waals surface area contributed by atoms with Crippen molar-refractivity contribution in [1.82, 2.24) is 10.3 Å². The lowest BCUT2D eigenvalue weighted by Gasteiger charge is -2.33. The van der Waals surface area contributed by atoms with E-state index in [2.05, 4.69) is 10.3 Å². The van der Waals surface area contributed by atoms with Crippen molar-refractivity contribution >= 4 is 11.6 Å². The van der Waals surface area contributed by atoms with E-state index in [1.807, 2.05) is 0 Å². The summed E-state index contributed by atoms with van der Waals surface area (Å²) in [4.78, 5) is 3.32. The molecule has 1 aromatic rings. The van der Waals surface area contributed by atoms with Gasteiger partial charge in [-0.2, -0.15) is 13.2 Å². The predicted molar refractivity (Wildman–Crippen MR) is 60.2 cm³/mol. The van der Waals surface area contributed by atoms with Gasteiger partial charge in [-0.25, -0.2) is 4.98 Å². The summed E-state index contributed by atoms with van der Waals surface area (Å²) in [5.74, 6) is 0. The van der Waals surface area contributed by atoms with Crippen LogP contribution in [0.4, 0.5) is 13.2 Å². The van der Waals surface area contributed by atoms with Crippen molar-refractivity contribution in [2.24, 2.45) is 0 Å². The van der Waals surface area contributed by atoms with E-state index in [1.54, 1.807) is 0 Å². The maximum Gasteiger partial charge on any atom is 0.433 e. The highest BCUT2D eigenvalue weighted by molar-refractivity contribution is 6.30. The Kier molecular flexibility index (Phi) is 3.53. The zero-order chi connectivity index (χ0) is 13.4. The van der Waals surface area contributed by atoms with Crippen molar-refractivity contribution in [3.8, 4) is 0 Å². The molecule has 1 aliphatic rings. The van der Waals surface area contributed by atoms with Crippen molar-refractivity contribution in [3.05, 3.63) is 28.5 Å². The second kappa shape index (κ2) is 4.68. The van der Waals surface area contributed by atoms with Crippen LogP contribution in [0.3, 0.4) is 0 Å². The van der Waals surface area contributed by atoms with Crippen molar-refractivity contribution < 1.29 is 18.3 Å². The molecule has 0 saturated carbocycles. The van der Waals surface area contributed by atoms with Gasteiger partial charge in [0.05, 0.1) is 5.60 Å². The summed E-state index contributed by atoms with van der Waals surface area (Å²) in [6.45, 7) is 1.18. The summed E-state index contributed by atoms with van der Waals surface area (Å²) in [6.07, 6.45) is -3.72. The minimum absolute atomic E-state index is 0.263. The smallest absolute Gasteiger partial charge is 0.385 e. The molecule has 0 aliphatic carbocycles. The van der Waals surface area contributed by atoms with Gasteiger partial charge in [0.2, 0.25) is 0 Å². The third kappa shape index (κ3) is 2.60. The predicted octanol–water partition coefficient (Wildman–Crippen LogP) is 2.32. The van der Waals surface area contributed by atoms with E-state index in [0.29, 0.717) is 25.9 Å². The first-order valence-corrected chi connectivity index (χ1v) is 5.88. The minimum atomic E-state index is -4.53. The van der Waals surface area contributed by atoms with Crippen LogP contribution in [-0.2, 0) is 11.8 Å². The molecule has 0 atom stereocenters. The molecular weight excluding hydrogens is 269 g/mol. The van der Waals surface area contributed by atoms with E-state index in [9.17, 15) is 18.3 Å². The van der Waals surface area contributed by atoms with Crippen LogP contribution >= 0.6 is 11.6 Å². The standard InChI is InChI=1S/C11H12ClF3N2O/c12-9-7(10(18)3-5-16-6-4-10)1-2-8(17-9)11(13,14)15/h1-2,16,18H,3-6H2. The third-order valence-corrected chi connectivity index (χ3v) is 3.36. The molecule has 0 bridgehead atoms. The molecule has 1 aliphatic heterocycles. The zero-order valence-corrected chi connectivity index (χ0v) is 10.1.